The van der Waals surface area contributed by atoms with Gasteiger partial charge in [-0.3, -0.25) is 9.48 Å². The Balaban J connectivity index is 1.72. The highest BCUT2D eigenvalue weighted by Gasteiger charge is 2.30. The molecule has 1 N–H and O–H groups in total. The molecule has 1 atom stereocenters. The zero-order valence-corrected chi connectivity index (χ0v) is 11.1. The summed E-state index contributed by atoms with van der Waals surface area (Å²) in [6.45, 7) is 1.32. The summed E-state index contributed by atoms with van der Waals surface area (Å²) >= 11 is 0. The van der Waals surface area contributed by atoms with E-state index in [9.17, 15) is 4.79 Å². The molecule has 1 saturated heterocycles. The highest BCUT2D eigenvalue weighted by atomic mass is 16.3. The van der Waals surface area contributed by atoms with E-state index in [2.05, 4.69) is 5.10 Å². The Labute approximate surface area is 117 Å². The molecule has 20 heavy (non-hydrogen) atoms. The molecule has 3 rings (SSSR count). The molecule has 0 spiro atoms. The maximum absolute atomic E-state index is 11.9. The predicted octanol–water partition coefficient (Wildman–Crippen LogP) is 1.28. The molecular formula is C15H17N3O2. The van der Waals surface area contributed by atoms with Crippen LogP contribution in [0.4, 0.5) is 5.69 Å². The van der Waals surface area contributed by atoms with Crippen molar-refractivity contribution >= 4 is 11.6 Å². The number of hydrogen-bond acceptors (Lipinski definition) is 3. The van der Waals surface area contributed by atoms with Crippen LogP contribution in [-0.4, -0.2) is 33.9 Å². The number of aromatic nitrogens is 2. The zero-order chi connectivity index (χ0) is 13.9. The minimum absolute atomic E-state index is 0.0416. The molecule has 0 saturated carbocycles. The van der Waals surface area contributed by atoms with Crippen LogP contribution in [0.2, 0.25) is 0 Å². The lowest BCUT2D eigenvalue weighted by atomic mass is 10.1. The summed E-state index contributed by atoms with van der Waals surface area (Å²) in [6.07, 6.45) is 4.01. The summed E-state index contributed by atoms with van der Waals surface area (Å²) in [4.78, 5) is 13.6. The normalized spacial score (nSPS) is 18.8. The number of nitrogens with zero attached hydrogens (tertiary/aromatic N) is 3. The van der Waals surface area contributed by atoms with Crippen LogP contribution in [0, 0.1) is 5.92 Å². The van der Waals surface area contributed by atoms with Crippen molar-refractivity contribution in [1.29, 1.82) is 0 Å². The Morgan fingerprint density at radius 1 is 1.30 bits per heavy atom. The molecule has 1 aliphatic heterocycles. The van der Waals surface area contributed by atoms with Gasteiger partial charge >= 0.3 is 0 Å². The number of carbonyl (C=O) groups is 1. The number of aliphatic hydroxyl groups excluding tert-OH is 1. The Morgan fingerprint density at radius 3 is 2.80 bits per heavy atom. The van der Waals surface area contributed by atoms with Crippen molar-refractivity contribution in [2.24, 2.45) is 5.92 Å². The number of hydrogen-bond donors (Lipinski definition) is 1. The minimum atomic E-state index is 0.0416. The van der Waals surface area contributed by atoms with Crippen molar-refractivity contribution in [1.82, 2.24) is 9.78 Å². The van der Waals surface area contributed by atoms with E-state index in [1.165, 1.54) is 5.56 Å². The van der Waals surface area contributed by atoms with Crippen molar-refractivity contribution in [3.63, 3.8) is 0 Å². The van der Waals surface area contributed by atoms with Crippen LogP contribution in [0.3, 0.4) is 0 Å². The van der Waals surface area contributed by atoms with Gasteiger partial charge in [-0.25, -0.2) is 0 Å². The molecule has 2 heterocycles. The third-order valence-corrected chi connectivity index (χ3v) is 3.58. The molecule has 1 amide bonds. The van der Waals surface area contributed by atoms with Crippen molar-refractivity contribution in [2.45, 2.75) is 13.0 Å². The number of anilines is 1. The molecule has 1 fully saturated rings. The Hall–Kier alpha value is -2.14. The minimum Gasteiger partial charge on any atom is -0.396 e. The first-order valence-corrected chi connectivity index (χ1v) is 6.74. The SMILES string of the molecule is O=C1CC(CO)CN1c1cnn(Cc2ccccc2)c1. The number of rotatable bonds is 4. The van der Waals surface area contributed by atoms with Crippen LogP contribution in [-0.2, 0) is 11.3 Å². The molecule has 1 aliphatic rings. The molecule has 0 aliphatic carbocycles. The van der Waals surface area contributed by atoms with E-state index in [0.29, 0.717) is 19.5 Å². The molecule has 0 bridgehead atoms. The van der Waals surface area contributed by atoms with Gasteiger partial charge in [0, 0.05) is 31.7 Å². The van der Waals surface area contributed by atoms with Gasteiger partial charge in [0.2, 0.25) is 5.91 Å². The van der Waals surface area contributed by atoms with E-state index < -0.39 is 0 Å². The Morgan fingerprint density at radius 2 is 2.10 bits per heavy atom. The average molecular weight is 271 g/mol. The van der Waals surface area contributed by atoms with E-state index in [4.69, 9.17) is 5.11 Å². The molecule has 1 unspecified atom stereocenters. The summed E-state index contributed by atoms with van der Waals surface area (Å²) in [5.74, 6) is 0.100. The largest absolute Gasteiger partial charge is 0.396 e. The van der Waals surface area contributed by atoms with Gasteiger partial charge in [-0.2, -0.15) is 5.10 Å². The maximum Gasteiger partial charge on any atom is 0.227 e. The van der Waals surface area contributed by atoms with Crippen LogP contribution in [0.15, 0.2) is 42.7 Å². The van der Waals surface area contributed by atoms with E-state index in [-0.39, 0.29) is 18.4 Å². The molecule has 0 radical (unpaired) electrons. The molecule has 2 aromatic rings. The van der Waals surface area contributed by atoms with Gasteiger partial charge in [0.25, 0.3) is 0 Å². The van der Waals surface area contributed by atoms with Crippen molar-refractivity contribution in [3.05, 3.63) is 48.3 Å². The Bertz CT molecular complexity index is 594. The van der Waals surface area contributed by atoms with Gasteiger partial charge in [-0.05, 0) is 5.56 Å². The summed E-state index contributed by atoms with van der Waals surface area (Å²) < 4.78 is 1.82. The third kappa shape index (κ3) is 2.58. The lowest BCUT2D eigenvalue weighted by Crippen LogP contribution is -2.24. The molecule has 1 aromatic heterocycles. The van der Waals surface area contributed by atoms with Crippen LogP contribution in [0.1, 0.15) is 12.0 Å². The van der Waals surface area contributed by atoms with Crippen molar-refractivity contribution in [2.75, 3.05) is 18.1 Å². The van der Waals surface area contributed by atoms with Crippen LogP contribution >= 0.6 is 0 Å². The fourth-order valence-corrected chi connectivity index (χ4v) is 2.50. The second kappa shape index (κ2) is 5.46. The summed E-state index contributed by atoms with van der Waals surface area (Å²) in [5.41, 5.74) is 1.98. The van der Waals surface area contributed by atoms with Crippen molar-refractivity contribution < 1.29 is 9.90 Å². The number of aliphatic hydroxyl groups is 1. The number of amides is 1. The highest BCUT2D eigenvalue weighted by molar-refractivity contribution is 5.95. The first-order chi connectivity index (χ1) is 9.76. The molecule has 1 aromatic carbocycles. The van der Waals surface area contributed by atoms with Crippen molar-refractivity contribution in [3.8, 4) is 0 Å². The van der Waals surface area contributed by atoms with E-state index in [1.54, 1.807) is 11.1 Å². The van der Waals surface area contributed by atoms with Gasteiger partial charge in [-0.15, -0.1) is 0 Å². The van der Waals surface area contributed by atoms with Gasteiger partial charge in [0.15, 0.2) is 0 Å². The molecule has 5 heteroatoms. The second-order valence-corrected chi connectivity index (χ2v) is 5.14. The monoisotopic (exact) mass is 271 g/mol. The van der Waals surface area contributed by atoms with E-state index in [0.717, 1.165) is 5.69 Å². The summed E-state index contributed by atoms with van der Waals surface area (Å²) in [5, 5.41) is 13.5. The fourth-order valence-electron chi connectivity index (χ4n) is 2.50. The predicted molar refractivity (Wildman–Crippen MR) is 75.3 cm³/mol. The highest BCUT2D eigenvalue weighted by Crippen LogP contribution is 2.24. The summed E-state index contributed by atoms with van der Waals surface area (Å²) in [6, 6.07) is 10.1. The van der Waals surface area contributed by atoms with Gasteiger partial charge < -0.3 is 10.0 Å². The second-order valence-electron chi connectivity index (χ2n) is 5.14. The summed E-state index contributed by atoms with van der Waals surface area (Å²) in [7, 11) is 0. The molecular weight excluding hydrogens is 254 g/mol. The van der Waals surface area contributed by atoms with Crippen LogP contribution < -0.4 is 4.90 Å². The van der Waals surface area contributed by atoms with Gasteiger partial charge in [-0.1, -0.05) is 30.3 Å². The third-order valence-electron chi connectivity index (χ3n) is 3.58. The fraction of sp³-hybridized carbons (Fsp3) is 0.333. The van der Waals surface area contributed by atoms with E-state index in [1.807, 2.05) is 41.2 Å². The molecule has 5 nitrogen and oxygen atoms in total. The van der Waals surface area contributed by atoms with E-state index >= 15 is 0 Å². The first kappa shape index (κ1) is 12.9. The lowest BCUT2D eigenvalue weighted by Gasteiger charge is -2.13. The molecule has 104 valence electrons. The smallest absolute Gasteiger partial charge is 0.227 e. The van der Waals surface area contributed by atoms with Crippen LogP contribution in [0.25, 0.3) is 0 Å². The first-order valence-electron chi connectivity index (χ1n) is 6.74. The number of carbonyl (C=O) groups excluding carboxylic acids is 1. The van der Waals surface area contributed by atoms with Crippen LogP contribution in [0.5, 0.6) is 0 Å². The van der Waals surface area contributed by atoms with Gasteiger partial charge in [0.05, 0.1) is 18.4 Å². The maximum atomic E-state index is 11.9. The number of benzene rings is 1. The standard InChI is InChI=1S/C15H17N3O2/c19-11-13-6-15(20)18(9-13)14-7-16-17(10-14)8-12-4-2-1-3-5-12/h1-5,7,10,13,19H,6,8-9,11H2. The average Bonchev–Trinajstić information content (AvgIpc) is 3.06. The lowest BCUT2D eigenvalue weighted by molar-refractivity contribution is -0.117. The Kier molecular flexibility index (Phi) is 3.52. The zero-order valence-electron chi connectivity index (χ0n) is 11.1. The quantitative estimate of drug-likeness (QED) is 0.911. The topological polar surface area (TPSA) is 58.4 Å². The van der Waals surface area contributed by atoms with Gasteiger partial charge in [0.1, 0.15) is 0 Å².